The van der Waals surface area contributed by atoms with Gasteiger partial charge < -0.3 is 0 Å². The molecule has 0 bridgehead atoms. The normalized spacial score (nSPS) is 10.9. The predicted octanol–water partition coefficient (Wildman–Crippen LogP) is 2.41. The predicted molar refractivity (Wildman–Crippen MR) is 53.2 cm³/mol. The highest BCUT2D eigenvalue weighted by Gasteiger charge is 2.00. The van der Waals surface area contributed by atoms with Gasteiger partial charge in [-0.1, -0.05) is 26.7 Å². The van der Waals surface area contributed by atoms with Gasteiger partial charge in [0.15, 0.2) is 0 Å². The van der Waals surface area contributed by atoms with Crippen LogP contribution >= 0.6 is 12.1 Å². The number of rotatable bonds is 7. The van der Waals surface area contributed by atoms with Crippen LogP contribution in [-0.2, 0) is 0 Å². The molecule has 0 aliphatic rings. The Morgan fingerprint density at radius 2 is 1.55 bits per heavy atom. The van der Waals surface area contributed by atoms with Gasteiger partial charge in [-0.05, 0) is 12.8 Å². The summed E-state index contributed by atoms with van der Waals surface area (Å²) < 4.78 is 2.24. The number of unbranched alkanes of at least 4 members (excludes halogenated alkanes) is 2. The van der Waals surface area contributed by atoms with Crippen molar-refractivity contribution in [3.05, 3.63) is 0 Å². The van der Waals surface area contributed by atoms with Gasteiger partial charge >= 0.3 is 0 Å². The van der Waals surface area contributed by atoms with E-state index >= 15 is 0 Å². The van der Waals surface area contributed by atoms with Crippen molar-refractivity contribution in [2.45, 2.75) is 39.5 Å². The van der Waals surface area contributed by atoms with Crippen LogP contribution in [0.3, 0.4) is 0 Å². The fourth-order valence-corrected chi connectivity index (χ4v) is 1.36. The van der Waals surface area contributed by atoms with Crippen LogP contribution in [0.1, 0.15) is 39.5 Å². The fourth-order valence-electron chi connectivity index (χ4n) is 0.886. The van der Waals surface area contributed by atoms with Crippen LogP contribution in [0.25, 0.3) is 0 Å². The maximum absolute atomic E-state index is 5.50. The minimum atomic E-state index is 1.14. The lowest BCUT2D eigenvalue weighted by atomic mass is 10.3. The van der Waals surface area contributed by atoms with Crippen molar-refractivity contribution in [2.75, 3.05) is 13.1 Å². The van der Waals surface area contributed by atoms with E-state index in [1.54, 1.807) is 0 Å². The van der Waals surface area contributed by atoms with Crippen LogP contribution in [0.2, 0.25) is 0 Å². The number of nitrogens with two attached hydrogens (primary N) is 1. The minimum absolute atomic E-state index is 1.14. The van der Waals surface area contributed by atoms with Crippen molar-refractivity contribution < 1.29 is 0 Å². The lowest BCUT2D eigenvalue weighted by Gasteiger charge is -2.16. The molecule has 2 nitrogen and oxygen atoms in total. The highest BCUT2D eigenvalue weighted by atomic mass is 32.2. The third-order valence-electron chi connectivity index (χ3n) is 1.67. The molecule has 0 aliphatic carbocycles. The molecule has 0 fully saturated rings. The molecule has 0 unspecified atom stereocenters. The molecule has 11 heavy (non-hydrogen) atoms. The Morgan fingerprint density at radius 3 is 1.82 bits per heavy atom. The summed E-state index contributed by atoms with van der Waals surface area (Å²) in [6.07, 6.45) is 5.02. The maximum atomic E-state index is 5.50. The highest BCUT2D eigenvalue weighted by molar-refractivity contribution is 7.94. The first-order valence-electron chi connectivity index (χ1n) is 4.46. The highest BCUT2D eigenvalue weighted by Crippen LogP contribution is 2.05. The monoisotopic (exact) mass is 176 g/mol. The molecule has 0 radical (unpaired) electrons. The zero-order valence-electron chi connectivity index (χ0n) is 7.68. The van der Waals surface area contributed by atoms with Crippen molar-refractivity contribution in [2.24, 2.45) is 5.14 Å². The van der Waals surface area contributed by atoms with E-state index in [4.69, 9.17) is 5.14 Å². The van der Waals surface area contributed by atoms with Crippen molar-refractivity contribution in [1.29, 1.82) is 0 Å². The average molecular weight is 176 g/mol. The molecule has 0 aromatic heterocycles. The fraction of sp³-hybridized carbons (Fsp3) is 1.00. The van der Waals surface area contributed by atoms with Gasteiger partial charge in [-0.3, -0.25) is 5.14 Å². The molecular weight excluding hydrogens is 156 g/mol. The first-order valence-corrected chi connectivity index (χ1v) is 5.30. The summed E-state index contributed by atoms with van der Waals surface area (Å²) >= 11 is 1.38. The molecule has 0 aromatic rings. The van der Waals surface area contributed by atoms with Crippen LogP contribution in [0, 0.1) is 0 Å². The van der Waals surface area contributed by atoms with Crippen LogP contribution in [0.4, 0.5) is 0 Å². The number of hydrogen-bond donors (Lipinski definition) is 1. The molecular formula is C8H20N2S. The third kappa shape index (κ3) is 6.66. The number of hydrogen-bond acceptors (Lipinski definition) is 3. The van der Waals surface area contributed by atoms with Crippen molar-refractivity contribution in [3.63, 3.8) is 0 Å². The van der Waals surface area contributed by atoms with Crippen LogP contribution in [0.15, 0.2) is 0 Å². The maximum Gasteiger partial charge on any atom is 0.0101 e. The van der Waals surface area contributed by atoms with E-state index in [1.807, 2.05) is 0 Å². The average Bonchev–Trinajstić information content (AvgIpc) is 2.05. The van der Waals surface area contributed by atoms with E-state index in [2.05, 4.69) is 18.2 Å². The molecule has 0 rings (SSSR count). The molecule has 0 saturated heterocycles. The van der Waals surface area contributed by atoms with E-state index in [-0.39, 0.29) is 0 Å². The Hall–Kier alpha value is 0.270. The van der Waals surface area contributed by atoms with E-state index in [0.717, 1.165) is 13.1 Å². The molecule has 3 heteroatoms. The lowest BCUT2D eigenvalue weighted by molar-refractivity contribution is 0.444. The van der Waals surface area contributed by atoms with Gasteiger partial charge in [0.05, 0.1) is 0 Å². The van der Waals surface area contributed by atoms with Gasteiger partial charge in [0.25, 0.3) is 0 Å². The molecule has 0 aliphatic heterocycles. The van der Waals surface area contributed by atoms with Crippen molar-refractivity contribution >= 4 is 12.1 Å². The van der Waals surface area contributed by atoms with Gasteiger partial charge in [-0.2, -0.15) is 0 Å². The van der Waals surface area contributed by atoms with Crippen LogP contribution in [0.5, 0.6) is 0 Å². The van der Waals surface area contributed by atoms with Gasteiger partial charge in [0, 0.05) is 25.2 Å². The quantitative estimate of drug-likeness (QED) is 0.604. The smallest absolute Gasteiger partial charge is 0.0101 e. The Bertz CT molecular complexity index is 70.5. The summed E-state index contributed by atoms with van der Waals surface area (Å²) in [6, 6.07) is 0. The zero-order chi connectivity index (χ0) is 8.53. The first kappa shape index (κ1) is 11.3. The summed E-state index contributed by atoms with van der Waals surface area (Å²) in [4.78, 5) is 0. The summed E-state index contributed by atoms with van der Waals surface area (Å²) in [5.74, 6) is 0. The Kier molecular flexibility index (Phi) is 8.57. The standard InChI is InChI=1S/C8H20N2S/c1-3-5-7-10(11-9)8-6-4-2/h3-9H2,1-2H3. The molecule has 68 valence electrons. The Labute approximate surface area is 74.8 Å². The molecule has 0 saturated carbocycles. The largest absolute Gasteiger partial charge is 0.264 e. The second kappa shape index (κ2) is 8.37. The zero-order valence-corrected chi connectivity index (χ0v) is 8.49. The van der Waals surface area contributed by atoms with Crippen molar-refractivity contribution in [1.82, 2.24) is 4.31 Å². The number of nitrogens with zero attached hydrogens (tertiary/aromatic N) is 1. The Morgan fingerprint density at radius 1 is 1.09 bits per heavy atom. The molecule has 0 aromatic carbocycles. The summed E-state index contributed by atoms with van der Waals surface area (Å²) in [5, 5.41) is 5.50. The van der Waals surface area contributed by atoms with Crippen molar-refractivity contribution in [3.8, 4) is 0 Å². The van der Waals surface area contributed by atoms with Crippen LogP contribution < -0.4 is 5.14 Å². The summed E-state index contributed by atoms with van der Waals surface area (Å²) in [7, 11) is 0. The molecule has 0 heterocycles. The van der Waals surface area contributed by atoms with Gasteiger partial charge in [0.1, 0.15) is 0 Å². The Balaban J connectivity index is 3.25. The molecule has 2 N–H and O–H groups in total. The molecule has 0 spiro atoms. The topological polar surface area (TPSA) is 29.3 Å². The SMILES string of the molecule is CCCCN(CCCC)SN. The molecule has 0 atom stereocenters. The summed E-state index contributed by atoms with van der Waals surface area (Å²) in [6.45, 7) is 6.69. The van der Waals surface area contributed by atoms with Gasteiger partial charge in [-0.25, -0.2) is 4.31 Å². The summed E-state index contributed by atoms with van der Waals surface area (Å²) in [5.41, 5.74) is 0. The van der Waals surface area contributed by atoms with Gasteiger partial charge in [0.2, 0.25) is 0 Å². The third-order valence-corrected chi connectivity index (χ3v) is 2.33. The second-order valence-corrected chi connectivity index (χ2v) is 3.47. The van der Waals surface area contributed by atoms with E-state index in [9.17, 15) is 0 Å². The second-order valence-electron chi connectivity index (χ2n) is 2.74. The van der Waals surface area contributed by atoms with E-state index in [1.165, 1.54) is 37.8 Å². The van der Waals surface area contributed by atoms with E-state index in [0.29, 0.717) is 0 Å². The molecule has 0 amide bonds. The van der Waals surface area contributed by atoms with Crippen LogP contribution in [-0.4, -0.2) is 17.4 Å². The first-order chi connectivity index (χ1) is 5.35. The van der Waals surface area contributed by atoms with E-state index < -0.39 is 0 Å². The minimum Gasteiger partial charge on any atom is -0.264 e. The lowest BCUT2D eigenvalue weighted by Crippen LogP contribution is -2.20. The van der Waals surface area contributed by atoms with Gasteiger partial charge in [-0.15, -0.1) is 0 Å².